The van der Waals surface area contributed by atoms with Gasteiger partial charge in [-0.3, -0.25) is 0 Å². The smallest absolute Gasteiger partial charge is 0.0980 e. The maximum atomic E-state index is 2.48. The predicted octanol–water partition coefficient (Wildman–Crippen LogP) is 4.97. The molecule has 0 aliphatic carbocycles. The monoisotopic (exact) mass is 266 g/mol. The molecule has 2 nitrogen and oxygen atoms in total. The Morgan fingerprint density at radius 3 is 2.00 bits per heavy atom. The van der Waals surface area contributed by atoms with E-state index < -0.39 is 0 Å². The van der Waals surface area contributed by atoms with Gasteiger partial charge in [0.05, 0.1) is 6.17 Å². The van der Waals surface area contributed by atoms with Crippen LogP contribution in [0, 0.1) is 0 Å². The fraction of sp³-hybridized carbons (Fsp3) is 0.882. The van der Waals surface area contributed by atoms with Crippen LogP contribution in [0.2, 0.25) is 0 Å². The molecule has 2 heteroatoms. The first-order chi connectivity index (χ1) is 9.16. The number of nitrogens with zero attached hydrogens (tertiary/aromatic N) is 2. The van der Waals surface area contributed by atoms with Gasteiger partial charge in [0.1, 0.15) is 0 Å². The van der Waals surface area contributed by atoms with Crippen LogP contribution < -0.4 is 0 Å². The van der Waals surface area contributed by atoms with Gasteiger partial charge in [0.2, 0.25) is 0 Å². The number of rotatable bonds is 10. The highest BCUT2D eigenvalue weighted by Gasteiger charge is 2.22. The van der Waals surface area contributed by atoms with E-state index >= 15 is 0 Å². The molecule has 0 radical (unpaired) electrons. The van der Waals surface area contributed by atoms with Crippen LogP contribution in [0.5, 0.6) is 0 Å². The van der Waals surface area contributed by atoms with Gasteiger partial charge in [0.25, 0.3) is 0 Å². The van der Waals surface area contributed by atoms with Crippen LogP contribution in [0.15, 0.2) is 12.4 Å². The van der Waals surface area contributed by atoms with Gasteiger partial charge >= 0.3 is 0 Å². The van der Waals surface area contributed by atoms with Crippen molar-refractivity contribution in [1.29, 1.82) is 0 Å². The summed E-state index contributed by atoms with van der Waals surface area (Å²) in [6.07, 6.45) is 16.3. The fourth-order valence-corrected chi connectivity index (χ4v) is 2.88. The first kappa shape index (κ1) is 16.4. The van der Waals surface area contributed by atoms with Crippen molar-refractivity contribution < 1.29 is 0 Å². The number of hydrogen-bond acceptors (Lipinski definition) is 2. The first-order valence-electron chi connectivity index (χ1n) is 8.38. The van der Waals surface area contributed by atoms with Gasteiger partial charge < -0.3 is 9.80 Å². The van der Waals surface area contributed by atoms with E-state index in [-0.39, 0.29) is 0 Å². The third kappa shape index (κ3) is 5.88. The van der Waals surface area contributed by atoms with Crippen molar-refractivity contribution in [2.24, 2.45) is 0 Å². The summed E-state index contributed by atoms with van der Waals surface area (Å²) < 4.78 is 0. The highest BCUT2D eigenvalue weighted by atomic mass is 15.4. The molecule has 0 amide bonds. The standard InChI is InChI=1S/C17H34N2/c1-5-6-7-8-9-10-11-12-13-18-14-15-19(16(2)3)17(18)4/h14-17H,5-13H2,1-4H3. The Morgan fingerprint density at radius 1 is 0.895 bits per heavy atom. The van der Waals surface area contributed by atoms with E-state index in [9.17, 15) is 0 Å². The minimum absolute atomic E-state index is 0.546. The molecule has 1 heterocycles. The Hall–Kier alpha value is -0.660. The minimum Gasteiger partial charge on any atom is -0.356 e. The van der Waals surface area contributed by atoms with Crippen LogP contribution >= 0.6 is 0 Å². The van der Waals surface area contributed by atoms with Gasteiger partial charge in [-0.2, -0.15) is 0 Å². The zero-order valence-corrected chi connectivity index (χ0v) is 13.6. The second-order valence-electron chi connectivity index (χ2n) is 6.18. The molecule has 1 rings (SSSR count). The van der Waals surface area contributed by atoms with Gasteiger partial charge in [0.15, 0.2) is 0 Å². The van der Waals surface area contributed by atoms with Crippen LogP contribution in [0.4, 0.5) is 0 Å². The molecular weight excluding hydrogens is 232 g/mol. The van der Waals surface area contributed by atoms with Crippen molar-refractivity contribution in [3.8, 4) is 0 Å². The SMILES string of the molecule is CCCCCCCCCCN1C=CN(C(C)C)C1C. The van der Waals surface area contributed by atoms with Gasteiger partial charge in [-0.05, 0) is 27.2 Å². The van der Waals surface area contributed by atoms with E-state index in [4.69, 9.17) is 0 Å². The maximum absolute atomic E-state index is 2.48. The van der Waals surface area contributed by atoms with Crippen molar-refractivity contribution in [1.82, 2.24) is 9.80 Å². The van der Waals surface area contributed by atoms with E-state index in [1.807, 2.05) is 0 Å². The molecule has 1 aliphatic rings. The van der Waals surface area contributed by atoms with Crippen LogP contribution in [-0.2, 0) is 0 Å². The topological polar surface area (TPSA) is 6.48 Å². The van der Waals surface area contributed by atoms with E-state index in [1.165, 1.54) is 57.9 Å². The molecule has 1 aliphatic heterocycles. The zero-order chi connectivity index (χ0) is 14.1. The molecular formula is C17H34N2. The lowest BCUT2D eigenvalue weighted by atomic mass is 10.1. The average molecular weight is 266 g/mol. The molecule has 0 aromatic heterocycles. The van der Waals surface area contributed by atoms with Crippen LogP contribution in [0.1, 0.15) is 79.1 Å². The second-order valence-corrected chi connectivity index (χ2v) is 6.18. The summed E-state index contributed by atoms with van der Waals surface area (Å²) >= 11 is 0. The van der Waals surface area contributed by atoms with Gasteiger partial charge in [-0.25, -0.2) is 0 Å². The number of unbranched alkanes of at least 4 members (excludes halogenated alkanes) is 7. The summed E-state index contributed by atoms with van der Waals surface area (Å²) in [7, 11) is 0. The molecule has 0 saturated carbocycles. The second kappa shape index (κ2) is 9.28. The summed E-state index contributed by atoms with van der Waals surface area (Å²) in [5.74, 6) is 0. The van der Waals surface area contributed by atoms with E-state index in [1.54, 1.807) is 0 Å². The number of hydrogen-bond donors (Lipinski definition) is 0. The molecule has 0 fully saturated rings. The molecule has 0 N–H and O–H groups in total. The summed E-state index contributed by atoms with van der Waals surface area (Å²) in [4.78, 5) is 4.92. The van der Waals surface area contributed by atoms with E-state index in [0.29, 0.717) is 12.2 Å². The lowest BCUT2D eigenvalue weighted by molar-refractivity contribution is 0.141. The third-order valence-electron chi connectivity index (χ3n) is 4.21. The lowest BCUT2D eigenvalue weighted by Crippen LogP contribution is -2.39. The molecule has 0 aromatic carbocycles. The Kier molecular flexibility index (Phi) is 8.00. The van der Waals surface area contributed by atoms with Crippen LogP contribution in [-0.4, -0.2) is 28.6 Å². The van der Waals surface area contributed by atoms with Crippen molar-refractivity contribution in [2.45, 2.75) is 91.3 Å². The average Bonchev–Trinajstić information content (AvgIpc) is 2.74. The quantitative estimate of drug-likeness (QED) is 0.515. The Balaban J connectivity index is 2.00. The summed E-state index contributed by atoms with van der Waals surface area (Å²) in [5.41, 5.74) is 0. The molecule has 1 unspecified atom stereocenters. The molecule has 0 spiro atoms. The molecule has 0 bridgehead atoms. The maximum Gasteiger partial charge on any atom is 0.0980 e. The molecule has 19 heavy (non-hydrogen) atoms. The summed E-state index contributed by atoms with van der Waals surface area (Å²) in [6.45, 7) is 10.3. The van der Waals surface area contributed by atoms with Crippen molar-refractivity contribution in [3.05, 3.63) is 12.4 Å². The summed E-state index contributed by atoms with van der Waals surface area (Å²) in [5, 5.41) is 0. The van der Waals surface area contributed by atoms with Crippen molar-refractivity contribution in [2.75, 3.05) is 6.54 Å². The van der Waals surface area contributed by atoms with Gasteiger partial charge in [0, 0.05) is 25.0 Å². The molecule has 0 saturated heterocycles. The predicted molar refractivity (Wildman–Crippen MR) is 84.9 cm³/mol. The van der Waals surface area contributed by atoms with Crippen LogP contribution in [0.25, 0.3) is 0 Å². The highest BCUT2D eigenvalue weighted by Crippen LogP contribution is 2.19. The fourth-order valence-electron chi connectivity index (χ4n) is 2.88. The Labute approximate surface area is 120 Å². The normalized spacial score (nSPS) is 18.9. The summed E-state index contributed by atoms with van der Waals surface area (Å²) in [6, 6.07) is 0.606. The zero-order valence-electron chi connectivity index (χ0n) is 13.6. The van der Waals surface area contributed by atoms with Crippen molar-refractivity contribution >= 4 is 0 Å². The van der Waals surface area contributed by atoms with Crippen LogP contribution in [0.3, 0.4) is 0 Å². The van der Waals surface area contributed by atoms with Gasteiger partial charge in [-0.15, -0.1) is 0 Å². The van der Waals surface area contributed by atoms with E-state index in [0.717, 1.165) is 0 Å². The largest absolute Gasteiger partial charge is 0.356 e. The Bertz CT molecular complexity index is 248. The third-order valence-corrected chi connectivity index (χ3v) is 4.21. The lowest BCUT2D eigenvalue weighted by Gasteiger charge is -2.32. The minimum atomic E-state index is 0.546. The van der Waals surface area contributed by atoms with Gasteiger partial charge in [-0.1, -0.05) is 51.9 Å². The first-order valence-corrected chi connectivity index (χ1v) is 8.38. The highest BCUT2D eigenvalue weighted by molar-refractivity contribution is 4.96. The Morgan fingerprint density at radius 2 is 1.47 bits per heavy atom. The van der Waals surface area contributed by atoms with E-state index in [2.05, 4.69) is 49.9 Å². The molecule has 112 valence electrons. The molecule has 0 aromatic rings. The molecule has 1 atom stereocenters. The van der Waals surface area contributed by atoms with Crippen molar-refractivity contribution in [3.63, 3.8) is 0 Å².